The Morgan fingerprint density at radius 2 is 1.85 bits per heavy atom. The molecule has 9 heteroatoms. The second kappa shape index (κ2) is 7.58. The van der Waals surface area contributed by atoms with Crippen molar-refractivity contribution in [1.29, 1.82) is 0 Å². The summed E-state index contributed by atoms with van der Waals surface area (Å²) >= 11 is 0. The van der Waals surface area contributed by atoms with Crippen molar-refractivity contribution in [3.8, 4) is 0 Å². The van der Waals surface area contributed by atoms with Gasteiger partial charge in [-0.1, -0.05) is 0 Å². The Kier molecular flexibility index (Phi) is 5.59. The summed E-state index contributed by atoms with van der Waals surface area (Å²) in [5, 5.41) is 3.24. The van der Waals surface area contributed by atoms with Crippen molar-refractivity contribution in [1.82, 2.24) is 14.5 Å². The van der Waals surface area contributed by atoms with Crippen LogP contribution >= 0.6 is 0 Å². The third-order valence-electron chi connectivity index (χ3n) is 5.12. The van der Waals surface area contributed by atoms with E-state index in [1.165, 1.54) is 4.31 Å². The summed E-state index contributed by atoms with van der Waals surface area (Å²) in [5.74, 6) is -2.40. The molecule has 3 rings (SSSR count). The van der Waals surface area contributed by atoms with Crippen LogP contribution < -0.4 is 5.32 Å². The number of carbonyl (C=O) groups is 1. The summed E-state index contributed by atoms with van der Waals surface area (Å²) < 4.78 is 52.9. The zero-order chi connectivity index (χ0) is 18.9. The van der Waals surface area contributed by atoms with Crippen LogP contribution in [0, 0.1) is 17.6 Å². The van der Waals surface area contributed by atoms with E-state index in [0.29, 0.717) is 25.5 Å². The fraction of sp³-hybridized carbons (Fsp3) is 0.588. The van der Waals surface area contributed by atoms with E-state index in [9.17, 15) is 22.0 Å². The molecule has 0 unspecified atom stereocenters. The van der Waals surface area contributed by atoms with Crippen molar-refractivity contribution in [2.24, 2.45) is 5.92 Å². The van der Waals surface area contributed by atoms with Crippen molar-refractivity contribution >= 4 is 15.9 Å². The van der Waals surface area contributed by atoms with Gasteiger partial charge in [-0.15, -0.1) is 0 Å². The van der Waals surface area contributed by atoms with Gasteiger partial charge in [0.1, 0.15) is 0 Å². The number of hydrogen-bond acceptors (Lipinski definition) is 4. The van der Waals surface area contributed by atoms with Gasteiger partial charge < -0.3 is 10.2 Å². The van der Waals surface area contributed by atoms with Gasteiger partial charge in [0.05, 0.1) is 4.90 Å². The number of rotatable bonds is 3. The zero-order valence-electron chi connectivity index (χ0n) is 14.6. The lowest BCUT2D eigenvalue weighted by molar-refractivity contribution is -0.139. The molecule has 144 valence electrons. The van der Waals surface area contributed by atoms with E-state index >= 15 is 0 Å². The topological polar surface area (TPSA) is 69.7 Å². The summed E-state index contributed by atoms with van der Waals surface area (Å²) in [6.07, 6.45) is 0.858. The maximum Gasteiger partial charge on any atom is 0.243 e. The number of nitrogens with one attached hydrogen (secondary N) is 1. The van der Waals surface area contributed by atoms with Gasteiger partial charge >= 0.3 is 0 Å². The Bertz CT molecular complexity index is 779. The maximum absolute atomic E-state index is 13.4. The summed E-state index contributed by atoms with van der Waals surface area (Å²) in [4.78, 5) is 14.3. The van der Waals surface area contributed by atoms with Crippen molar-refractivity contribution in [3.63, 3.8) is 0 Å². The minimum atomic E-state index is -3.89. The lowest BCUT2D eigenvalue weighted by Gasteiger charge is -2.38. The molecular weight excluding hydrogens is 364 g/mol. The molecule has 1 aromatic rings. The monoisotopic (exact) mass is 387 g/mol. The fourth-order valence-electron chi connectivity index (χ4n) is 3.53. The highest BCUT2D eigenvalue weighted by molar-refractivity contribution is 7.89. The Morgan fingerprint density at radius 3 is 2.46 bits per heavy atom. The number of piperazine rings is 1. The molecule has 1 N–H and O–H groups in total. The molecule has 0 spiro atoms. The molecule has 1 atom stereocenters. The van der Waals surface area contributed by atoms with E-state index in [-0.39, 0.29) is 35.9 Å². The number of hydrogen-bond donors (Lipinski definition) is 1. The molecule has 2 fully saturated rings. The zero-order valence-corrected chi connectivity index (χ0v) is 15.4. The van der Waals surface area contributed by atoms with Crippen molar-refractivity contribution < 1.29 is 22.0 Å². The molecule has 1 aromatic carbocycles. The van der Waals surface area contributed by atoms with Gasteiger partial charge in [-0.05, 0) is 38.0 Å². The maximum atomic E-state index is 13.4. The van der Waals surface area contributed by atoms with Crippen LogP contribution in [0.4, 0.5) is 8.78 Å². The number of halogens is 2. The first-order valence-corrected chi connectivity index (χ1v) is 10.2. The van der Waals surface area contributed by atoms with E-state index in [4.69, 9.17) is 0 Å². The molecule has 0 radical (unpaired) electrons. The van der Waals surface area contributed by atoms with Gasteiger partial charge in [0.15, 0.2) is 11.6 Å². The minimum absolute atomic E-state index is 0.0730. The first-order valence-electron chi connectivity index (χ1n) is 8.77. The second-order valence-electron chi connectivity index (χ2n) is 6.84. The predicted molar refractivity (Wildman–Crippen MR) is 91.9 cm³/mol. The van der Waals surface area contributed by atoms with Crippen molar-refractivity contribution in [2.75, 3.05) is 32.7 Å². The average molecular weight is 387 g/mol. The van der Waals surface area contributed by atoms with E-state index in [1.54, 1.807) is 0 Å². The highest BCUT2D eigenvalue weighted by atomic mass is 32.2. The third-order valence-corrected chi connectivity index (χ3v) is 7.01. The van der Waals surface area contributed by atoms with Gasteiger partial charge in [0.2, 0.25) is 15.9 Å². The van der Waals surface area contributed by atoms with Crippen LogP contribution in [0.1, 0.15) is 19.8 Å². The highest BCUT2D eigenvalue weighted by Crippen LogP contribution is 2.26. The molecular formula is C17H23F2N3O3S. The summed E-state index contributed by atoms with van der Waals surface area (Å²) in [5.41, 5.74) is 0. The normalized spacial score (nSPS) is 23.2. The van der Waals surface area contributed by atoms with Gasteiger partial charge in [-0.25, -0.2) is 17.2 Å². The van der Waals surface area contributed by atoms with Crippen LogP contribution in [0.15, 0.2) is 23.1 Å². The number of amides is 1. The van der Waals surface area contributed by atoms with Crippen LogP contribution in [-0.4, -0.2) is 62.3 Å². The molecule has 0 aliphatic carbocycles. The van der Waals surface area contributed by atoms with E-state index in [2.05, 4.69) is 5.32 Å². The lowest BCUT2D eigenvalue weighted by atomic mass is 9.95. The van der Waals surface area contributed by atoms with E-state index in [0.717, 1.165) is 25.2 Å². The van der Waals surface area contributed by atoms with E-state index < -0.39 is 21.7 Å². The van der Waals surface area contributed by atoms with Crippen LogP contribution in [0.25, 0.3) is 0 Å². The smallest absolute Gasteiger partial charge is 0.243 e. The van der Waals surface area contributed by atoms with Crippen molar-refractivity contribution in [2.45, 2.75) is 30.7 Å². The number of nitrogens with zero attached hydrogens (tertiary/aromatic N) is 2. The van der Waals surface area contributed by atoms with E-state index in [1.807, 2.05) is 11.8 Å². The minimum Gasteiger partial charge on any atom is -0.337 e. The molecule has 0 saturated carbocycles. The van der Waals surface area contributed by atoms with Crippen LogP contribution in [0.2, 0.25) is 0 Å². The molecule has 2 aliphatic heterocycles. The molecule has 6 nitrogen and oxygen atoms in total. The molecule has 2 aliphatic rings. The largest absolute Gasteiger partial charge is 0.337 e. The first-order chi connectivity index (χ1) is 12.3. The van der Waals surface area contributed by atoms with Gasteiger partial charge in [-0.2, -0.15) is 4.31 Å². The van der Waals surface area contributed by atoms with Crippen LogP contribution in [-0.2, 0) is 14.8 Å². The second-order valence-corrected chi connectivity index (χ2v) is 8.78. The predicted octanol–water partition coefficient (Wildman–Crippen LogP) is 1.19. The summed E-state index contributed by atoms with van der Waals surface area (Å²) in [6, 6.07) is 2.70. The Labute approximate surface area is 152 Å². The third kappa shape index (κ3) is 3.74. The Morgan fingerprint density at radius 1 is 1.15 bits per heavy atom. The molecule has 0 aromatic heterocycles. The molecule has 1 amide bonds. The standard InChI is InChI=1S/C17H23F2N3O3S/c1-12-11-20-6-9-22(12)17(23)13-4-7-21(8-5-13)26(24,25)14-2-3-15(18)16(19)10-14/h2-3,10,12-13,20H,4-9,11H2,1H3/t12-/m1/s1. The first kappa shape index (κ1) is 19.2. The fourth-order valence-corrected chi connectivity index (χ4v) is 5.01. The number of sulfonamides is 1. The molecule has 2 heterocycles. The Balaban J connectivity index is 1.65. The highest BCUT2D eigenvalue weighted by Gasteiger charge is 2.35. The molecule has 2 saturated heterocycles. The van der Waals surface area contributed by atoms with Crippen LogP contribution in [0.5, 0.6) is 0 Å². The SMILES string of the molecule is C[C@@H]1CNCCN1C(=O)C1CCN(S(=O)(=O)c2ccc(F)c(F)c2)CC1. The average Bonchev–Trinajstić information content (AvgIpc) is 2.64. The van der Waals surface area contributed by atoms with Crippen LogP contribution in [0.3, 0.4) is 0 Å². The number of piperidine rings is 1. The quantitative estimate of drug-likeness (QED) is 0.846. The van der Waals surface area contributed by atoms with Gasteiger partial charge in [0, 0.05) is 44.7 Å². The molecule has 26 heavy (non-hydrogen) atoms. The molecule has 0 bridgehead atoms. The lowest BCUT2D eigenvalue weighted by Crippen LogP contribution is -2.55. The Hall–Kier alpha value is -1.58. The number of carbonyl (C=O) groups excluding carboxylic acids is 1. The van der Waals surface area contributed by atoms with Gasteiger partial charge in [0.25, 0.3) is 0 Å². The van der Waals surface area contributed by atoms with Crippen molar-refractivity contribution in [3.05, 3.63) is 29.8 Å². The summed E-state index contributed by atoms with van der Waals surface area (Å²) in [7, 11) is -3.89. The van der Waals surface area contributed by atoms with Gasteiger partial charge in [-0.3, -0.25) is 4.79 Å². The number of benzene rings is 1. The summed E-state index contributed by atoms with van der Waals surface area (Å²) in [6.45, 7) is 4.56.